The summed E-state index contributed by atoms with van der Waals surface area (Å²) in [4.78, 5) is 0. The zero-order valence-corrected chi connectivity index (χ0v) is 14.0. The van der Waals surface area contributed by atoms with E-state index in [4.69, 9.17) is 0 Å². The van der Waals surface area contributed by atoms with Crippen molar-refractivity contribution in [3.63, 3.8) is 0 Å². The van der Waals surface area contributed by atoms with E-state index in [-0.39, 0.29) is 0 Å². The molecule has 0 fully saturated rings. The van der Waals surface area contributed by atoms with Crippen molar-refractivity contribution in [3.05, 3.63) is 47.7 Å². The van der Waals surface area contributed by atoms with Crippen LogP contribution in [-0.4, -0.2) is 8.07 Å². The standard InChI is InChI=1S/C18H28Si/c1-5-6-7-8-10-15-18(16-19(2,3)4)17-13-11-9-12-14-17/h9-14H,5-8,16H2,1-4H3. The zero-order valence-electron chi connectivity index (χ0n) is 13.0. The van der Waals surface area contributed by atoms with E-state index in [1.807, 2.05) is 0 Å². The molecule has 0 saturated carbocycles. The SMILES string of the molecule is CCCCCC=C=C(C[Si](C)(C)C)c1ccccc1. The molecule has 0 aliphatic rings. The Kier molecular flexibility index (Phi) is 6.90. The molecule has 0 bridgehead atoms. The minimum atomic E-state index is -1.10. The fraction of sp³-hybridized carbons (Fsp3) is 0.500. The van der Waals surface area contributed by atoms with Gasteiger partial charge in [0.05, 0.1) is 0 Å². The summed E-state index contributed by atoms with van der Waals surface area (Å²) in [5.41, 5.74) is 6.32. The zero-order chi connectivity index (χ0) is 14.1. The van der Waals surface area contributed by atoms with Crippen LogP contribution in [0, 0.1) is 0 Å². The third-order valence-electron chi connectivity index (χ3n) is 3.06. The van der Waals surface area contributed by atoms with Gasteiger partial charge in [-0.3, -0.25) is 0 Å². The average molecular weight is 273 g/mol. The Morgan fingerprint density at radius 1 is 1.11 bits per heavy atom. The molecule has 0 saturated heterocycles. The van der Waals surface area contributed by atoms with E-state index in [9.17, 15) is 0 Å². The van der Waals surface area contributed by atoms with E-state index in [1.165, 1.54) is 36.4 Å². The highest BCUT2D eigenvalue weighted by Crippen LogP contribution is 2.24. The molecule has 104 valence electrons. The quantitative estimate of drug-likeness (QED) is 0.317. The lowest BCUT2D eigenvalue weighted by Gasteiger charge is -2.17. The first kappa shape index (κ1) is 16.0. The highest BCUT2D eigenvalue weighted by molar-refractivity contribution is 6.77. The van der Waals surface area contributed by atoms with Gasteiger partial charge in [0, 0.05) is 8.07 Å². The van der Waals surface area contributed by atoms with Gasteiger partial charge < -0.3 is 0 Å². The van der Waals surface area contributed by atoms with E-state index in [0.717, 1.165) is 6.42 Å². The largest absolute Gasteiger partial charge is 0.121 e. The summed E-state index contributed by atoms with van der Waals surface area (Å²) in [5, 5.41) is 0. The number of allylic oxidation sites excluding steroid dienone is 1. The van der Waals surface area contributed by atoms with Crippen LogP contribution >= 0.6 is 0 Å². The maximum Gasteiger partial charge on any atom is 0.0495 e. The second kappa shape index (κ2) is 8.19. The lowest BCUT2D eigenvalue weighted by molar-refractivity contribution is 0.729. The summed E-state index contributed by atoms with van der Waals surface area (Å²) in [7, 11) is -1.10. The van der Waals surface area contributed by atoms with E-state index < -0.39 is 8.07 Å². The second-order valence-electron chi connectivity index (χ2n) is 6.43. The van der Waals surface area contributed by atoms with Crippen LogP contribution in [-0.2, 0) is 0 Å². The van der Waals surface area contributed by atoms with E-state index in [1.54, 1.807) is 0 Å². The molecule has 1 aromatic rings. The highest BCUT2D eigenvalue weighted by Gasteiger charge is 2.16. The second-order valence-corrected chi connectivity index (χ2v) is 11.9. The first-order valence-corrected chi connectivity index (χ1v) is 11.2. The summed E-state index contributed by atoms with van der Waals surface area (Å²) >= 11 is 0. The molecule has 0 aromatic heterocycles. The smallest absolute Gasteiger partial charge is 0.0495 e. The van der Waals surface area contributed by atoms with Crippen LogP contribution in [0.5, 0.6) is 0 Å². The van der Waals surface area contributed by atoms with Gasteiger partial charge in [0.2, 0.25) is 0 Å². The minimum absolute atomic E-state index is 1.10. The third-order valence-corrected chi connectivity index (χ3v) is 4.47. The summed E-state index contributed by atoms with van der Waals surface area (Å²) in [5.74, 6) is 0. The Bertz CT molecular complexity index is 417. The molecular weight excluding hydrogens is 244 g/mol. The molecular formula is C18H28Si. The molecule has 0 aliphatic carbocycles. The van der Waals surface area contributed by atoms with Crippen LogP contribution in [0.15, 0.2) is 42.1 Å². The maximum absolute atomic E-state index is 3.58. The van der Waals surface area contributed by atoms with E-state index in [0.29, 0.717) is 0 Å². The van der Waals surface area contributed by atoms with Gasteiger partial charge in [0.25, 0.3) is 0 Å². The van der Waals surface area contributed by atoms with Gasteiger partial charge in [0.1, 0.15) is 0 Å². The van der Waals surface area contributed by atoms with Crippen LogP contribution in [0.1, 0.15) is 38.2 Å². The van der Waals surface area contributed by atoms with Crippen LogP contribution in [0.3, 0.4) is 0 Å². The molecule has 0 atom stereocenters. The normalized spacial score (nSPS) is 10.9. The van der Waals surface area contributed by atoms with Crippen LogP contribution < -0.4 is 0 Å². The van der Waals surface area contributed by atoms with Crippen molar-refractivity contribution in [2.45, 2.75) is 58.3 Å². The predicted octanol–water partition coefficient (Wildman–Crippen LogP) is 6.14. The van der Waals surface area contributed by atoms with Gasteiger partial charge in [0.15, 0.2) is 0 Å². The van der Waals surface area contributed by atoms with Crippen molar-refractivity contribution in [1.82, 2.24) is 0 Å². The molecule has 1 heteroatoms. The molecule has 0 heterocycles. The molecule has 0 N–H and O–H groups in total. The molecule has 0 spiro atoms. The molecule has 1 aromatic carbocycles. The summed E-state index contributed by atoms with van der Waals surface area (Å²) < 4.78 is 0. The lowest BCUT2D eigenvalue weighted by Crippen LogP contribution is -2.19. The van der Waals surface area contributed by atoms with Gasteiger partial charge in [-0.1, -0.05) is 69.7 Å². The Morgan fingerprint density at radius 3 is 2.37 bits per heavy atom. The van der Waals surface area contributed by atoms with Crippen molar-refractivity contribution in [1.29, 1.82) is 0 Å². The molecule has 0 amide bonds. The topological polar surface area (TPSA) is 0 Å². The van der Waals surface area contributed by atoms with Gasteiger partial charge in [-0.15, -0.1) is 5.73 Å². The predicted molar refractivity (Wildman–Crippen MR) is 90.2 cm³/mol. The van der Waals surface area contributed by atoms with Crippen molar-refractivity contribution in [3.8, 4) is 0 Å². The first-order chi connectivity index (χ1) is 9.03. The Balaban J connectivity index is 2.84. The Morgan fingerprint density at radius 2 is 1.79 bits per heavy atom. The third kappa shape index (κ3) is 7.20. The minimum Gasteiger partial charge on any atom is -0.121 e. The first-order valence-electron chi connectivity index (χ1n) is 7.52. The number of rotatable bonds is 7. The molecule has 0 nitrogen and oxygen atoms in total. The maximum atomic E-state index is 3.58. The number of benzene rings is 1. The van der Waals surface area contributed by atoms with Crippen molar-refractivity contribution in [2.75, 3.05) is 0 Å². The molecule has 0 aliphatic heterocycles. The number of hydrogen-bond acceptors (Lipinski definition) is 0. The van der Waals surface area contributed by atoms with Gasteiger partial charge >= 0.3 is 0 Å². The highest BCUT2D eigenvalue weighted by atomic mass is 28.3. The Labute approximate surface area is 120 Å². The fourth-order valence-corrected chi connectivity index (χ4v) is 3.46. The number of hydrogen-bond donors (Lipinski definition) is 0. The summed E-state index contributed by atoms with van der Waals surface area (Å²) in [6.45, 7) is 9.53. The summed E-state index contributed by atoms with van der Waals surface area (Å²) in [6.07, 6.45) is 7.32. The molecule has 19 heavy (non-hydrogen) atoms. The van der Waals surface area contributed by atoms with Crippen molar-refractivity contribution < 1.29 is 0 Å². The molecule has 1 rings (SSSR count). The van der Waals surface area contributed by atoms with Crippen LogP contribution in [0.2, 0.25) is 25.7 Å². The molecule has 0 unspecified atom stereocenters. The van der Waals surface area contributed by atoms with Gasteiger partial charge in [-0.2, -0.15) is 0 Å². The van der Waals surface area contributed by atoms with Crippen molar-refractivity contribution in [2.24, 2.45) is 0 Å². The summed E-state index contributed by atoms with van der Waals surface area (Å²) in [6, 6.07) is 12.0. The van der Waals surface area contributed by atoms with E-state index in [2.05, 4.69) is 68.7 Å². The van der Waals surface area contributed by atoms with Crippen LogP contribution in [0.4, 0.5) is 0 Å². The van der Waals surface area contributed by atoms with Crippen LogP contribution in [0.25, 0.3) is 5.57 Å². The van der Waals surface area contributed by atoms with Gasteiger partial charge in [-0.05, 0) is 36.1 Å². The fourth-order valence-electron chi connectivity index (χ4n) is 2.10. The lowest BCUT2D eigenvalue weighted by atomic mass is 10.1. The van der Waals surface area contributed by atoms with Crippen molar-refractivity contribution >= 4 is 13.6 Å². The monoisotopic (exact) mass is 272 g/mol. The Hall–Kier alpha value is -1.04. The molecule has 0 radical (unpaired) electrons. The van der Waals surface area contributed by atoms with Gasteiger partial charge in [-0.25, -0.2) is 0 Å². The number of unbranched alkanes of at least 4 members (excludes halogenated alkanes) is 3. The average Bonchev–Trinajstić information content (AvgIpc) is 2.37. The van der Waals surface area contributed by atoms with E-state index >= 15 is 0 Å².